The van der Waals surface area contributed by atoms with Crippen LogP contribution < -0.4 is 5.73 Å². The summed E-state index contributed by atoms with van der Waals surface area (Å²) in [6.45, 7) is 0.993. The third-order valence-corrected chi connectivity index (χ3v) is 5.04. The second-order valence-corrected chi connectivity index (χ2v) is 7.72. The fraction of sp³-hybridized carbons (Fsp3) is 0.500. The molecule has 1 aliphatic heterocycles. The van der Waals surface area contributed by atoms with E-state index < -0.39 is 33.5 Å². The molecule has 1 amide bonds. The van der Waals surface area contributed by atoms with E-state index in [1.165, 1.54) is 16.4 Å². The highest BCUT2D eigenvalue weighted by molar-refractivity contribution is 7.88. The van der Waals surface area contributed by atoms with E-state index in [9.17, 15) is 22.0 Å². The number of halogens is 2. The summed E-state index contributed by atoms with van der Waals surface area (Å²) >= 11 is 0. The van der Waals surface area contributed by atoms with Gasteiger partial charge in [0, 0.05) is 38.8 Å². The van der Waals surface area contributed by atoms with Crippen LogP contribution in [0.5, 0.6) is 0 Å². The van der Waals surface area contributed by atoms with Crippen LogP contribution in [0, 0.1) is 17.6 Å². The highest BCUT2D eigenvalue weighted by Crippen LogP contribution is 2.16. The first-order valence-corrected chi connectivity index (χ1v) is 8.92. The molecule has 1 aromatic carbocycles. The monoisotopic (exact) mass is 347 g/mol. The summed E-state index contributed by atoms with van der Waals surface area (Å²) in [7, 11) is -3.45. The lowest BCUT2D eigenvalue weighted by molar-refractivity contribution is -0.122. The fourth-order valence-electron chi connectivity index (χ4n) is 2.64. The Bertz CT molecular complexity index is 676. The molecule has 0 radical (unpaired) electrons. The van der Waals surface area contributed by atoms with Gasteiger partial charge in [-0.2, -0.15) is 0 Å². The van der Waals surface area contributed by atoms with Crippen LogP contribution in [0.1, 0.15) is 5.56 Å². The molecule has 1 aromatic rings. The summed E-state index contributed by atoms with van der Waals surface area (Å²) in [5, 5.41) is 0. The number of nitrogens with zero attached hydrogens (tertiary/aromatic N) is 2. The normalized spacial score (nSPS) is 21.1. The van der Waals surface area contributed by atoms with Gasteiger partial charge in [-0.3, -0.25) is 9.69 Å². The van der Waals surface area contributed by atoms with Crippen molar-refractivity contribution in [3.05, 3.63) is 35.4 Å². The highest BCUT2D eigenvalue weighted by Gasteiger charge is 2.30. The van der Waals surface area contributed by atoms with E-state index in [0.717, 1.165) is 12.3 Å². The predicted octanol–water partition coefficient (Wildman–Crippen LogP) is 0.144. The highest BCUT2D eigenvalue weighted by atomic mass is 32.2. The summed E-state index contributed by atoms with van der Waals surface area (Å²) in [5.41, 5.74) is 5.75. The molecule has 128 valence electrons. The lowest BCUT2D eigenvalue weighted by Gasteiger charge is -2.22. The van der Waals surface area contributed by atoms with Gasteiger partial charge in [0.05, 0.1) is 12.2 Å². The molecule has 1 atom stereocenters. The number of carbonyl (C=O) groups excluding carboxylic acids is 1. The zero-order chi connectivity index (χ0) is 17.2. The summed E-state index contributed by atoms with van der Waals surface area (Å²) < 4.78 is 51.2. The fourth-order valence-corrected chi connectivity index (χ4v) is 3.50. The molecule has 1 fully saturated rings. The van der Waals surface area contributed by atoms with Crippen LogP contribution in [0.25, 0.3) is 0 Å². The van der Waals surface area contributed by atoms with Gasteiger partial charge in [0.2, 0.25) is 15.9 Å². The van der Waals surface area contributed by atoms with E-state index >= 15 is 0 Å². The topological polar surface area (TPSA) is 83.7 Å². The minimum Gasteiger partial charge on any atom is -0.369 e. The molecule has 1 aliphatic rings. The van der Waals surface area contributed by atoms with Gasteiger partial charge in [-0.1, -0.05) is 0 Å². The van der Waals surface area contributed by atoms with Gasteiger partial charge < -0.3 is 5.73 Å². The van der Waals surface area contributed by atoms with Gasteiger partial charge >= 0.3 is 0 Å². The maximum Gasteiger partial charge on any atom is 0.223 e. The van der Waals surface area contributed by atoms with Crippen molar-refractivity contribution < 1.29 is 22.0 Å². The van der Waals surface area contributed by atoms with Crippen LogP contribution in [0.3, 0.4) is 0 Å². The van der Waals surface area contributed by atoms with Crippen LogP contribution in [-0.2, 0) is 21.4 Å². The van der Waals surface area contributed by atoms with Crippen LogP contribution in [0.2, 0.25) is 0 Å². The molecule has 0 aliphatic carbocycles. The standard InChI is InChI=1S/C14H19F2N3O3S/c1-23(21,22)19-3-2-18(8-11(9-19)14(17)20)7-10-4-12(15)6-13(16)5-10/h4-6,11H,2-3,7-9H2,1H3,(H2,17,20)/t11-/m1/s1. The minimum absolute atomic E-state index is 0.0161. The predicted molar refractivity (Wildman–Crippen MR) is 80.7 cm³/mol. The number of sulfonamides is 1. The third kappa shape index (κ3) is 4.95. The second kappa shape index (κ2) is 6.90. The Hall–Kier alpha value is -1.58. The number of benzene rings is 1. The zero-order valence-electron chi connectivity index (χ0n) is 12.7. The minimum atomic E-state index is -3.45. The van der Waals surface area contributed by atoms with Gasteiger partial charge in [0.1, 0.15) is 11.6 Å². The molecule has 2 rings (SSSR count). The van der Waals surface area contributed by atoms with Crippen LogP contribution in [-0.4, -0.2) is 56.0 Å². The van der Waals surface area contributed by atoms with Crippen LogP contribution >= 0.6 is 0 Å². The first-order chi connectivity index (χ1) is 10.6. The SMILES string of the molecule is CS(=O)(=O)N1CCN(Cc2cc(F)cc(F)c2)C[C@@H](C(N)=O)C1. The Kier molecular flexibility index (Phi) is 5.33. The first-order valence-electron chi connectivity index (χ1n) is 7.07. The Morgan fingerprint density at radius 2 is 1.83 bits per heavy atom. The summed E-state index contributed by atoms with van der Waals surface area (Å²) in [6, 6.07) is 3.20. The average molecular weight is 347 g/mol. The van der Waals surface area contributed by atoms with Crippen molar-refractivity contribution >= 4 is 15.9 Å². The molecule has 9 heteroatoms. The Labute approximate surface area is 133 Å². The van der Waals surface area contributed by atoms with Crippen molar-refractivity contribution in [2.75, 3.05) is 32.4 Å². The molecule has 0 unspecified atom stereocenters. The van der Waals surface area contributed by atoms with E-state index in [-0.39, 0.29) is 26.2 Å². The molecule has 0 saturated carbocycles. The van der Waals surface area contributed by atoms with Gasteiger partial charge in [-0.25, -0.2) is 21.5 Å². The Balaban J connectivity index is 2.17. The third-order valence-electron chi connectivity index (χ3n) is 3.77. The number of rotatable bonds is 4. The van der Waals surface area contributed by atoms with Crippen molar-refractivity contribution in [1.29, 1.82) is 0 Å². The molecular weight excluding hydrogens is 328 g/mol. The molecule has 0 aromatic heterocycles. The number of nitrogens with two attached hydrogens (primary N) is 1. The van der Waals surface area contributed by atoms with Crippen molar-refractivity contribution in [3.8, 4) is 0 Å². The van der Waals surface area contributed by atoms with Crippen molar-refractivity contribution in [1.82, 2.24) is 9.21 Å². The largest absolute Gasteiger partial charge is 0.369 e. The van der Waals surface area contributed by atoms with Gasteiger partial charge in [-0.15, -0.1) is 0 Å². The molecule has 1 heterocycles. The molecule has 1 saturated heterocycles. The molecular formula is C14H19F2N3O3S. The Morgan fingerprint density at radius 3 is 2.35 bits per heavy atom. The number of primary amides is 1. The van der Waals surface area contributed by atoms with E-state index in [1.807, 2.05) is 0 Å². The molecule has 6 nitrogen and oxygen atoms in total. The summed E-state index contributed by atoms with van der Waals surface area (Å²) in [5.74, 6) is -2.64. The lowest BCUT2D eigenvalue weighted by Crippen LogP contribution is -2.40. The molecule has 0 bridgehead atoms. The molecule has 0 spiro atoms. The summed E-state index contributed by atoms with van der Waals surface area (Å²) in [4.78, 5) is 13.3. The zero-order valence-corrected chi connectivity index (χ0v) is 13.5. The number of amides is 1. The van der Waals surface area contributed by atoms with Crippen LogP contribution in [0.15, 0.2) is 18.2 Å². The van der Waals surface area contributed by atoms with E-state index in [0.29, 0.717) is 12.1 Å². The Morgan fingerprint density at radius 1 is 1.22 bits per heavy atom. The first kappa shape index (κ1) is 17.8. The summed E-state index contributed by atoms with van der Waals surface area (Å²) in [6.07, 6.45) is 1.07. The van der Waals surface area contributed by atoms with Crippen LogP contribution in [0.4, 0.5) is 8.78 Å². The van der Waals surface area contributed by atoms with Gasteiger partial charge in [0.25, 0.3) is 0 Å². The maximum atomic E-state index is 13.3. The average Bonchev–Trinajstić information content (AvgIpc) is 2.59. The molecule has 2 N–H and O–H groups in total. The van der Waals surface area contributed by atoms with Crippen molar-refractivity contribution in [2.24, 2.45) is 11.7 Å². The number of carbonyl (C=O) groups is 1. The van der Waals surface area contributed by atoms with E-state index in [2.05, 4.69) is 0 Å². The van der Waals surface area contributed by atoms with E-state index in [1.54, 1.807) is 4.90 Å². The lowest BCUT2D eigenvalue weighted by atomic mass is 10.1. The number of hydrogen-bond donors (Lipinski definition) is 1. The number of hydrogen-bond acceptors (Lipinski definition) is 4. The smallest absolute Gasteiger partial charge is 0.223 e. The van der Waals surface area contributed by atoms with Crippen molar-refractivity contribution in [2.45, 2.75) is 6.54 Å². The van der Waals surface area contributed by atoms with Gasteiger partial charge in [-0.05, 0) is 17.7 Å². The van der Waals surface area contributed by atoms with Crippen molar-refractivity contribution in [3.63, 3.8) is 0 Å². The van der Waals surface area contributed by atoms with E-state index in [4.69, 9.17) is 5.73 Å². The maximum absolute atomic E-state index is 13.3. The quantitative estimate of drug-likeness (QED) is 0.840. The van der Waals surface area contributed by atoms with Gasteiger partial charge in [0.15, 0.2) is 0 Å². The second-order valence-electron chi connectivity index (χ2n) is 5.73. The molecule has 23 heavy (non-hydrogen) atoms.